The predicted molar refractivity (Wildman–Crippen MR) is 161 cm³/mol. The molecule has 1 saturated heterocycles. The number of hydrogen-bond acceptors (Lipinski definition) is 5. The molecule has 1 heterocycles. The molecule has 5 rings (SSSR count). The van der Waals surface area contributed by atoms with Crippen molar-refractivity contribution in [2.75, 3.05) is 6.61 Å². The fourth-order valence-electron chi connectivity index (χ4n) is 3.94. The number of nitrogens with one attached hydrogen (secondary N) is 1. The number of aliphatic imine (C=N–C) groups is 1. The third-order valence-electron chi connectivity index (χ3n) is 5.57. The van der Waals surface area contributed by atoms with Crippen molar-refractivity contribution in [1.82, 2.24) is 5.32 Å². The van der Waals surface area contributed by atoms with E-state index in [9.17, 15) is 4.79 Å². The molecular weight excluding hydrogens is 619 g/mol. The number of halogens is 2. The Balaban J connectivity index is 1.39. The van der Waals surface area contributed by atoms with E-state index < -0.39 is 0 Å². The molecule has 8 heteroatoms. The minimum atomic E-state index is -0.199. The second-order valence-corrected chi connectivity index (χ2v) is 10.8. The molecule has 37 heavy (non-hydrogen) atoms. The Morgan fingerprint density at radius 1 is 1.03 bits per heavy atom. The molecule has 1 amide bonds. The van der Waals surface area contributed by atoms with Crippen LogP contribution in [0.25, 0.3) is 16.8 Å². The molecule has 4 aromatic carbocycles. The van der Waals surface area contributed by atoms with Gasteiger partial charge in [-0.15, -0.1) is 0 Å². The number of hydrogen-bond donors (Lipinski definition) is 1. The van der Waals surface area contributed by atoms with Gasteiger partial charge in [-0.1, -0.05) is 60.1 Å². The van der Waals surface area contributed by atoms with Crippen molar-refractivity contribution in [2.24, 2.45) is 4.99 Å². The van der Waals surface area contributed by atoms with E-state index >= 15 is 0 Å². The van der Waals surface area contributed by atoms with Crippen molar-refractivity contribution < 1.29 is 14.3 Å². The summed E-state index contributed by atoms with van der Waals surface area (Å²) in [5, 5.41) is 6.26. The van der Waals surface area contributed by atoms with E-state index in [-0.39, 0.29) is 5.91 Å². The molecule has 0 atom stereocenters. The quantitative estimate of drug-likeness (QED) is 0.164. The topological polar surface area (TPSA) is 59.9 Å². The fraction of sp³-hybridized carbons (Fsp3) is 0.103. The lowest BCUT2D eigenvalue weighted by Crippen LogP contribution is -2.19. The minimum absolute atomic E-state index is 0.199. The van der Waals surface area contributed by atoms with Crippen LogP contribution >= 0.6 is 46.0 Å². The number of ether oxygens (including phenoxy) is 2. The van der Waals surface area contributed by atoms with Crippen molar-refractivity contribution in [2.45, 2.75) is 13.5 Å². The summed E-state index contributed by atoms with van der Waals surface area (Å²) in [4.78, 5) is 17.6. The number of nitrogens with zero attached hydrogens (tertiary/aromatic N) is 1. The maximum Gasteiger partial charge on any atom is 0.264 e. The number of amidine groups is 1. The molecule has 0 saturated carbocycles. The van der Waals surface area contributed by atoms with Crippen LogP contribution in [0.1, 0.15) is 18.1 Å². The van der Waals surface area contributed by atoms with E-state index in [2.05, 4.69) is 57.2 Å². The van der Waals surface area contributed by atoms with Gasteiger partial charge in [-0.25, -0.2) is 4.99 Å². The van der Waals surface area contributed by atoms with Gasteiger partial charge >= 0.3 is 0 Å². The Hall–Kier alpha value is -3.01. The van der Waals surface area contributed by atoms with Gasteiger partial charge in [0, 0.05) is 5.02 Å². The fourth-order valence-corrected chi connectivity index (χ4v) is 5.74. The first-order valence-electron chi connectivity index (χ1n) is 11.6. The summed E-state index contributed by atoms with van der Waals surface area (Å²) in [6.45, 7) is 2.84. The summed E-state index contributed by atoms with van der Waals surface area (Å²) < 4.78 is 13.1. The number of thioether (sulfide) groups is 1. The van der Waals surface area contributed by atoms with Crippen LogP contribution in [0.4, 0.5) is 5.69 Å². The van der Waals surface area contributed by atoms with Crippen LogP contribution in [-0.2, 0) is 11.4 Å². The lowest BCUT2D eigenvalue weighted by atomic mass is 10.1. The Morgan fingerprint density at radius 2 is 1.84 bits per heavy atom. The number of carbonyl (C=O) groups is 1. The number of fused-ring (bicyclic) bond motifs is 1. The summed E-state index contributed by atoms with van der Waals surface area (Å²) >= 11 is 9.58. The molecule has 0 bridgehead atoms. The molecule has 0 radical (unpaired) electrons. The van der Waals surface area contributed by atoms with Crippen LogP contribution in [0, 0.1) is 3.57 Å². The monoisotopic (exact) mass is 640 g/mol. The second-order valence-electron chi connectivity index (χ2n) is 8.15. The van der Waals surface area contributed by atoms with Crippen LogP contribution < -0.4 is 14.8 Å². The normalized spacial score (nSPS) is 15.4. The lowest BCUT2D eigenvalue weighted by molar-refractivity contribution is -0.115. The average Bonchev–Trinajstić information content (AvgIpc) is 3.21. The van der Waals surface area contributed by atoms with E-state index in [1.807, 2.05) is 55.5 Å². The SMILES string of the molecule is CCOc1cc(C=C2SC(=Nc3cccc(Cl)c3)NC2=O)cc(I)c1OCc1cccc2ccccc12. The van der Waals surface area contributed by atoms with E-state index in [0.29, 0.717) is 45.5 Å². The standard InChI is InChI=1S/C29H22ClIN2O3S/c1-2-35-25-14-18(15-26-28(34)33-29(37-26)32-22-11-6-10-21(30)16-22)13-24(31)27(25)36-17-20-9-5-8-19-7-3-4-12-23(19)20/h3-16H,2,17H2,1H3,(H,32,33,34). The first-order chi connectivity index (χ1) is 18.0. The van der Waals surface area contributed by atoms with Crippen molar-refractivity contribution >= 4 is 79.6 Å². The molecular formula is C29H22ClIN2O3S. The molecule has 0 aliphatic carbocycles. The molecule has 5 nitrogen and oxygen atoms in total. The third-order valence-corrected chi connectivity index (χ3v) is 7.52. The van der Waals surface area contributed by atoms with E-state index in [0.717, 1.165) is 14.7 Å². The molecule has 0 aromatic heterocycles. The van der Waals surface area contributed by atoms with Gasteiger partial charge < -0.3 is 14.8 Å². The third kappa shape index (κ3) is 6.11. The van der Waals surface area contributed by atoms with Crippen LogP contribution in [0.3, 0.4) is 0 Å². The lowest BCUT2D eigenvalue weighted by Gasteiger charge is -2.16. The molecule has 0 unspecified atom stereocenters. The smallest absolute Gasteiger partial charge is 0.264 e. The summed E-state index contributed by atoms with van der Waals surface area (Å²) in [6.07, 6.45) is 1.83. The molecule has 1 N–H and O–H groups in total. The molecule has 1 aliphatic rings. The van der Waals surface area contributed by atoms with E-state index in [1.54, 1.807) is 12.1 Å². The molecule has 0 spiro atoms. The zero-order valence-electron chi connectivity index (χ0n) is 19.8. The Labute approximate surface area is 238 Å². The highest BCUT2D eigenvalue weighted by Crippen LogP contribution is 2.37. The molecule has 186 valence electrons. The zero-order valence-corrected chi connectivity index (χ0v) is 23.6. The van der Waals surface area contributed by atoms with Gasteiger partial charge in [0.25, 0.3) is 5.91 Å². The zero-order chi connectivity index (χ0) is 25.8. The van der Waals surface area contributed by atoms with Gasteiger partial charge in [0.2, 0.25) is 0 Å². The van der Waals surface area contributed by atoms with Gasteiger partial charge in [0.15, 0.2) is 16.7 Å². The van der Waals surface area contributed by atoms with Gasteiger partial charge in [-0.05, 0) is 99.6 Å². The van der Waals surface area contributed by atoms with Crippen LogP contribution in [0.5, 0.6) is 11.5 Å². The van der Waals surface area contributed by atoms with Crippen molar-refractivity contribution in [3.63, 3.8) is 0 Å². The van der Waals surface area contributed by atoms with Gasteiger partial charge in [-0.2, -0.15) is 0 Å². The number of carbonyl (C=O) groups excluding carboxylic acids is 1. The minimum Gasteiger partial charge on any atom is -0.490 e. The van der Waals surface area contributed by atoms with Crippen LogP contribution in [-0.4, -0.2) is 17.7 Å². The Morgan fingerprint density at radius 3 is 2.68 bits per heavy atom. The van der Waals surface area contributed by atoms with Gasteiger partial charge in [0.1, 0.15) is 6.61 Å². The summed E-state index contributed by atoms with van der Waals surface area (Å²) in [5.41, 5.74) is 2.62. The van der Waals surface area contributed by atoms with Crippen molar-refractivity contribution in [1.29, 1.82) is 0 Å². The maximum absolute atomic E-state index is 12.6. The van der Waals surface area contributed by atoms with Gasteiger partial charge in [0.05, 0.1) is 20.8 Å². The Kier molecular flexibility index (Phi) is 8.02. The largest absolute Gasteiger partial charge is 0.490 e. The molecule has 1 aliphatic heterocycles. The molecule has 1 fully saturated rings. The first kappa shape index (κ1) is 25.6. The highest BCUT2D eigenvalue weighted by Gasteiger charge is 2.24. The number of rotatable bonds is 7. The summed E-state index contributed by atoms with van der Waals surface area (Å²) in [7, 11) is 0. The Bertz CT molecular complexity index is 1550. The number of amides is 1. The first-order valence-corrected chi connectivity index (χ1v) is 13.9. The van der Waals surface area contributed by atoms with Crippen LogP contribution in [0.15, 0.2) is 88.8 Å². The van der Waals surface area contributed by atoms with E-state index in [1.165, 1.54) is 22.5 Å². The van der Waals surface area contributed by atoms with Crippen molar-refractivity contribution in [3.8, 4) is 11.5 Å². The van der Waals surface area contributed by atoms with Crippen LogP contribution in [0.2, 0.25) is 5.02 Å². The van der Waals surface area contributed by atoms with Gasteiger partial charge in [-0.3, -0.25) is 4.79 Å². The maximum atomic E-state index is 12.6. The summed E-state index contributed by atoms with van der Waals surface area (Å²) in [5.74, 6) is 1.12. The summed E-state index contributed by atoms with van der Waals surface area (Å²) in [6, 6.07) is 25.5. The van der Waals surface area contributed by atoms with E-state index in [4.69, 9.17) is 21.1 Å². The molecule has 4 aromatic rings. The average molecular weight is 641 g/mol. The highest BCUT2D eigenvalue weighted by atomic mass is 127. The predicted octanol–water partition coefficient (Wildman–Crippen LogP) is 7.97. The number of benzene rings is 4. The van der Waals surface area contributed by atoms with Crippen molar-refractivity contribution in [3.05, 3.63) is 103 Å². The highest BCUT2D eigenvalue weighted by molar-refractivity contribution is 14.1. The second kappa shape index (κ2) is 11.6.